The molecule has 4 heteroatoms. The minimum atomic E-state index is -0.178. The zero-order valence-electron chi connectivity index (χ0n) is 10.3. The van der Waals surface area contributed by atoms with Crippen LogP contribution in [0, 0.1) is 6.92 Å². The molecule has 0 saturated heterocycles. The Balaban J connectivity index is 2.29. The molecule has 3 nitrogen and oxygen atoms in total. The molecule has 2 aromatic carbocycles. The summed E-state index contributed by atoms with van der Waals surface area (Å²) in [6.07, 6.45) is 0. The van der Waals surface area contributed by atoms with Crippen LogP contribution in [0.5, 0.6) is 0 Å². The van der Waals surface area contributed by atoms with Crippen molar-refractivity contribution in [1.29, 1.82) is 0 Å². The topological polar surface area (TPSA) is 45.8 Å². The van der Waals surface area contributed by atoms with Gasteiger partial charge in [-0.25, -0.2) is 4.98 Å². The highest BCUT2D eigenvalue weighted by atomic mass is 35.5. The van der Waals surface area contributed by atoms with Gasteiger partial charge in [0.15, 0.2) is 0 Å². The standard InChI is InChI=1S/C15H11ClN2O/c1-9-5-7-10(8-6-9)14-17-13-11(15(19)18-14)3-2-4-12(13)16/h2-8H,1H3,(H,17,18,19). The summed E-state index contributed by atoms with van der Waals surface area (Å²) in [5, 5.41) is 0.986. The number of benzene rings is 2. The average molecular weight is 271 g/mol. The number of nitrogens with zero attached hydrogens (tertiary/aromatic N) is 1. The number of para-hydroxylation sites is 1. The Hall–Kier alpha value is -2.13. The van der Waals surface area contributed by atoms with Crippen molar-refractivity contribution in [3.8, 4) is 11.4 Å². The van der Waals surface area contributed by atoms with Crippen LogP contribution in [0.3, 0.4) is 0 Å². The van der Waals surface area contributed by atoms with E-state index in [1.54, 1.807) is 18.2 Å². The lowest BCUT2D eigenvalue weighted by molar-refractivity contribution is 1.18. The molecule has 0 aliphatic rings. The highest BCUT2D eigenvalue weighted by Crippen LogP contribution is 2.21. The van der Waals surface area contributed by atoms with E-state index in [4.69, 9.17) is 11.6 Å². The third kappa shape index (κ3) is 2.13. The van der Waals surface area contributed by atoms with Gasteiger partial charge in [0.2, 0.25) is 0 Å². The number of rotatable bonds is 1. The molecule has 0 bridgehead atoms. The lowest BCUT2D eigenvalue weighted by atomic mass is 10.1. The molecule has 3 aromatic rings. The average Bonchev–Trinajstić information content (AvgIpc) is 2.41. The smallest absolute Gasteiger partial charge is 0.259 e. The molecule has 0 amide bonds. The summed E-state index contributed by atoms with van der Waals surface area (Å²) < 4.78 is 0. The molecule has 1 N–H and O–H groups in total. The Morgan fingerprint density at radius 3 is 2.58 bits per heavy atom. The molecule has 94 valence electrons. The van der Waals surface area contributed by atoms with Gasteiger partial charge in [0.25, 0.3) is 5.56 Å². The van der Waals surface area contributed by atoms with Gasteiger partial charge < -0.3 is 4.98 Å². The van der Waals surface area contributed by atoms with Gasteiger partial charge in [-0.3, -0.25) is 4.79 Å². The summed E-state index contributed by atoms with van der Waals surface area (Å²) in [5.74, 6) is 0.533. The fraction of sp³-hybridized carbons (Fsp3) is 0.0667. The van der Waals surface area contributed by atoms with Gasteiger partial charge >= 0.3 is 0 Å². The lowest BCUT2D eigenvalue weighted by Crippen LogP contribution is -2.09. The van der Waals surface area contributed by atoms with Crippen molar-refractivity contribution in [2.45, 2.75) is 6.92 Å². The van der Waals surface area contributed by atoms with Gasteiger partial charge in [0.1, 0.15) is 5.82 Å². The van der Waals surface area contributed by atoms with Crippen molar-refractivity contribution >= 4 is 22.5 Å². The van der Waals surface area contributed by atoms with E-state index in [-0.39, 0.29) is 5.56 Å². The molecule has 3 rings (SSSR count). The second kappa shape index (κ2) is 4.52. The van der Waals surface area contributed by atoms with E-state index in [1.165, 1.54) is 0 Å². The van der Waals surface area contributed by atoms with Gasteiger partial charge in [-0.05, 0) is 19.1 Å². The predicted molar refractivity (Wildman–Crippen MR) is 77.5 cm³/mol. The first-order valence-corrected chi connectivity index (χ1v) is 6.28. The zero-order chi connectivity index (χ0) is 13.4. The van der Waals surface area contributed by atoms with Crippen LogP contribution in [0.15, 0.2) is 47.3 Å². The molecule has 1 heterocycles. The van der Waals surface area contributed by atoms with Crippen LogP contribution in [-0.4, -0.2) is 9.97 Å². The molecule has 0 spiro atoms. The third-order valence-corrected chi connectivity index (χ3v) is 3.32. The van der Waals surface area contributed by atoms with Crippen molar-refractivity contribution in [2.75, 3.05) is 0 Å². The van der Waals surface area contributed by atoms with E-state index in [0.717, 1.165) is 11.1 Å². The van der Waals surface area contributed by atoms with Crippen LogP contribution in [0.1, 0.15) is 5.56 Å². The molecule has 0 fully saturated rings. The number of fused-ring (bicyclic) bond motifs is 1. The third-order valence-electron chi connectivity index (χ3n) is 3.01. The van der Waals surface area contributed by atoms with E-state index < -0.39 is 0 Å². The highest BCUT2D eigenvalue weighted by Gasteiger charge is 2.08. The summed E-state index contributed by atoms with van der Waals surface area (Å²) in [6, 6.07) is 13.0. The predicted octanol–water partition coefficient (Wildman–Crippen LogP) is 3.55. The Labute approximate surface area is 114 Å². The number of nitrogens with one attached hydrogen (secondary N) is 1. The summed E-state index contributed by atoms with van der Waals surface area (Å²) in [7, 11) is 0. The largest absolute Gasteiger partial charge is 0.306 e. The first-order valence-electron chi connectivity index (χ1n) is 5.91. The van der Waals surface area contributed by atoms with Gasteiger partial charge in [0, 0.05) is 5.56 Å². The molecule has 0 aliphatic carbocycles. The number of H-pyrrole nitrogens is 1. The Morgan fingerprint density at radius 2 is 1.84 bits per heavy atom. The van der Waals surface area contributed by atoms with Crippen molar-refractivity contribution < 1.29 is 0 Å². The number of halogens is 1. The monoisotopic (exact) mass is 270 g/mol. The zero-order valence-corrected chi connectivity index (χ0v) is 11.0. The van der Waals surface area contributed by atoms with Gasteiger partial charge in [-0.1, -0.05) is 47.5 Å². The number of aromatic amines is 1. The minimum absolute atomic E-state index is 0.178. The Kier molecular flexibility index (Phi) is 2.84. The van der Waals surface area contributed by atoms with Gasteiger partial charge in [-0.15, -0.1) is 0 Å². The molecule has 19 heavy (non-hydrogen) atoms. The molecule has 0 radical (unpaired) electrons. The van der Waals surface area contributed by atoms with Crippen molar-refractivity contribution in [2.24, 2.45) is 0 Å². The maximum atomic E-state index is 12.0. The summed E-state index contributed by atoms with van der Waals surface area (Å²) in [5.41, 5.74) is 2.38. The van der Waals surface area contributed by atoms with E-state index in [9.17, 15) is 4.79 Å². The molecule has 1 aromatic heterocycles. The van der Waals surface area contributed by atoms with Crippen molar-refractivity contribution in [3.63, 3.8) is 0 Å². The number of aryl methyl sites for hydroxylation is 1. The van der Waals surface area contributed by atoms with E-state index in [2.05, 4.69) is 9.97 Å². The summed E-state index contributed by atoms with van der Waals surface area (Å²) in [4.78, 5) is 19.3. The molecule has 0 atom stereocenters. The molecular weight excluding hydrogens is 260 g/mol. The lowest BCUT2D eigenvalue weighted by Gasteiger charge is -2.04. The second-order valence-corrected chi connectivity index (χ2v) is 4.82. The van der Waals surface area contributed by atoms with Crippen LogP contribution < -0.4 is 5.56 Å². The normalized spacial score (nSPS) is 10.8. The number of aromatic nitrogens is 2. The fourth-order valence-electron chi connectivity index (χ4n) is 1.97. The molecule has 0 aliphatic heterocycles. The van der Waals surface area contributed by atoms with Crippen molar-refractivity contribution in [3.05, 3.63) is 63.4 Å². The number of hydrogen-bond acceptors (Lipinski definition) is 2. The maximum absolute atomic E-state index is 12.0. The molecule has 0 unspecified atom stereocenters. The van der Waals surface area contributed by atoms with E-state index >= 15 is 0 Å². The fourth-order valence-corrected chi connectivity index (χ4v) is 2.19. The van der Waals surface area contributed by atoms with Gasteiger partial charge in [-0.2, -0.15) is 0 Å². The van der Waals surface area contributed by atoms with Crippen LogP contribution in [0.4, 0.5) is 0 Å². The van der Waals surface area contributed by atoms with Crippen LogP contribution in [0.25, 0.3) is 22.3 Å². The summed E-state index contributed by atoms with van der Waals surface area (Å²) >= 11 is 6.10. The first-order chi connectivity index (χ1) is 9.15. The SMILES string of the molecule is Cc1ccc(-c2nc3c(Cl)cccc3c(=O)[nH]2)cc1. The molecular formula is C15H11ClN2O. The highest BCUT2D eigenvalue weighted by molar-refractivity contribution is 6.35. The Morgan fingerprint density at radius 1 is 1.11 bits per heavy atom. The van der Waals surface area contributed by atoms with Crippen molar-refractivity contribution in [1.82, 2.24) is 9.97 Å². The Bertz CT molecular complexity index is 806. The molecule has 0 saturated carbocycles. The second-order valence-electron chi connectivity index (χ2n) is 4.42. The number of hydrogen-bond donors (Lipinski definition) is 1. The van der Waals surface area contributed by atoms with E-state index in [0.29, 0.717) is 21.7 Å². The van der Waals surface area contributed by atoms with Gasteiger partial charge in [0.05, 0.1) is 15.9 Å². The maximum Gasteiger partial charge on any atom is 0.259 e. The summed E-state index contributed by atoms with van der Waals surface area (Å²) in [6.45, 7) is 2.01. The quantitative estimate of drug-likeness (QED) is 0.735. The van der Waals surface area contributed by atoms with Crippen LogP contribution >= 0.6 is 11.6 Å². The van der Waals surface area contributed by atoms with Crippen LogP contribution in [-0.2, 0) is 0 Å². The van der Waals surface area contributed by atoms with Crippen LogP contribution in [0.2, 0.25) is 5.02 Å². The minimum Gasteiger partial charge on any atom is -0.306 e. The first kappa shape index (κ1) is 11.9. The van der Waals surface area contributed by atoms with E-state index in [1.807, 2.05) is 31.2 Å².